The molecule has 0 aliphatic carbocycles. The zero-order valence-electron chi connectivity index (χ0n) is 19.8. The number of benzene rings is 1. The van der Waals surface area contributed by atoms with Gasteiger partial charge in [0.25, 0.3) is 5.92 Å². The number of aryl methyl sites for hydroxylation is 2. The molecule has 182 valence electrons. The van der Waals surface area contributed by atoms with Crippen LogP contribution in [0.5, 0.6) is 0 Å². The van der Waals surface area contributed by atoms with Crippen LogP contribution in [0, 0.1) is 6.92 Å². The van der Waals surface area contributed by atoms with Crippen molar-refractivity contribution in [3.63, 3.8) is 0 Å². The summed E-state index contributed by atoms with van der Waals surface area (Å²) in [7, 11) is 1.95. The molecule has 0 bridgehead atoms. The molecule has 4 aromatic rings. The van der Waals surface area contributed by atoms with Crippen molar-refractivity contribution in [3.05, 3.63) is 59.4 Å². The fraction of sp³-hybridized carbons (Fsp3) is 0.440. The molecule has 2 saturated heterocycles. The summed E-state index contributed by atoms with van der Waals surface area (Å²) in [5, 5.41) is 17.0. The van der Waals surface area contributed by atoms with Gasteiger partial charge in [-0.25, -0.2) is 8.78 Å². The molecule has 0 amide bonds. The number of pyridine rings is 1. The van der Waals surface area contributed by atoms with E-state index in [1.165, 1.54) is 5.56 Å². The van der Waals surface area contributed by atoms with Crippen LogP contribution < -0.4 is 0 Å². The van der Waals surface area contributed by atoms with Crippen LogP contribution >= 0.6 is 0 Å². The summed E-state index contributed by atoms with van der Waals surface area (Å²) < 4.78 is 35.0. The highest BCUT2D eigenvalue weighted by atomic mass is 19.3. The van der Waals surface area contributed by atoms with Crippen LogP contribution in [0.15, 0.2) is 36.7 Å². The number of likely N-dealkylation sites (tertiary alicyclic amines) is 1. The third-order valence-corrected chi connectivity index (χ3v) is 7.19. The number of alkyl halides is 2. The number of ether oxygens (including phenoxy) is 1. The maximum Gasteiger partial charge on any atom is 0.261 e. The fourth-order valence-corrected chi connectivity index (χ4v) is 5.19. The number of fused-ring (bicyclic) bond motifs is 1. The smallest absolute Gasteiger partial charge is 0.261 e. The van der Waals surface area contributed by atoms with E-state index in [-0.39, 0.29) is 18.4 Å². The van der Waals surface area contributed by atoms with Crippen molar-refractivity contribution in [1.29, 1.82) is 0 Å². The Bertz CT molecular complexity index is 1390. The summed E-state index contributed by atoms with van der Waals surface area (Å²) in [6.45, 7) is 3.67. The molecular weight excluding hydrogens is 452 g/mol. The average Bonchev–Trinajstić information content (AvgIpc) is 3.49. The van der Waals surface area contributed by atoms with Crippen molar-refractivity contribution in [2.75, 3.05) is 26.3 Å². The van der Waals surface area contributed by atoms with Gasteiger partial charge in [-0.1, -0.05) is 18.2 Å². The summed E-state index contributed by atoms with van der Waals surface area (Å²) in [5.74, 6) is -1.71. The molecule has 0 spiro atoms. The van der Waals surface area contributed by atoms with Gasteiger partial charge >= 0.3 is 0 Å². The van der Waals surface area contributed by atoms with Gasteiger partial charge in [-0.05, 0) is 24.6 Å². The lowest BCUT2D eigenvalue weighted by molar-refractivity contribution is -0.0611. The highest BCUT2D eigenvalue weighted by Gasteiger charge is 2.42. The monoisotopic (exact) mass is 479 g/mol. The molecule has 2 aliphatic rings. The van der Waals surface area contributed by atoms with Crippen molar-refractivity contribution in [1.82, 2.24) is 34.8 Å². The maximum atomic E-state index is 13.7. The van der Waals surface area contributed by atoms with E-state index < -0.39 is 5.92 Å². The van der Waals surface area contributed by atoms with E-state index in [9.17, 15) is 8.78 Å². The van der Waals surface area contributed by atoms with Gasteiger partial charge in [0, 0.05) is 55.0 Å². The number of hydrogen-bond donors (Lipinski definition) is 1. The lowest BCUT2D eigenvalue weighted by atomic mass is 9.75. The molecule has 0 saturated carbocycles. The Morgan fingerprint density at radius 3 is 2.74 bits per heavy atom. The van der Waals surface area contributed by atoms with Gasteiger partial charge in [0.05, 0.1) is 31.0 Å². The second-order valence-electron chi connectivity index (χ2n) is 9.91. The summed E-state index contributed by atoms with van der Waals surface area (Å²) in [5.41, 5.74) is 5.21. The van der Waals surface area contributed by atoms with Gasteiger partial charge in [-0.2, -0.15) is 5.10 Å². The Hall–Kier alpha value is -3.24. The van der Waals surface area contributed by atoms with Gasteiger partial charge in [0.15, 0.2) is 0 Å². The number of nitrogens with one attached hydrogen (secondary N) is 1. The zero-order valence-corrected chi connectivity index (χ0v) is 19.8. The number of H-pyrrole nitrogens is 1. The fourth-order valence-electron chi connectivity index (χ4n) is 5.19. The molecule has 6 rings (SSSR count). The number of halogens is 2. The Morgan fingerprint density at radius 1 is 1.20 bits per heavy atom. The normalized spacial score (nSPS) is 19.3. The lowest BCUT2D eigenvalue weighted by Crippen LogP contribution is -2.49. The maximum absolute atomic E-state index is 13.7. The summed E-state index contributed by atoms with van der Waals surface area (Å²) >= 11 is 0. The van der Waals surface area contributed by atoms with Crippen LogP contribution in [0.4, 0.5) is 8.78 Å². The standard InChI is InChI=1S/C25H27F2N7O/c1-16-8-19-22(31-32-23(19)20(29-16)11-34-7-6-25(26,27)12-34)17-4-3-5-18(9-17)24(13-35-14-24)10-21-30-28-15-33(21)2/h3-5,8-9,15H,6-7,10-14H2,1-2H3,(H,31,32). The van der Waals surface area contributed by atoms with Crippen LogP contribution in [-0.4, -0.2) is 67.1 Å². The first-order valence-corrected chi connectivity index (χ1v) is 11.8. The third kappa shape index (κ3) is 4.00. The molecule has 8 nitrogen and oxygen atoms in total. The minimum Gasteiger partial charge on any atom is -0.379 e. The predicted molar refractivity (Wildman–Crippen MR) is 126 cm³/mol. The van der Waals surface area contributed by atoms with Crippen molar-refractivity contribution >= 4 is 10.9 Å². The summed E-state index contributed by atoms with van der Waals surface area (Å²) in [6.07, 6.45) is 2.34. The second-order valence-corrected chi connectivity index (χ2v) is 9.91. The first-order chi connectivity index (χ1) is 16.8. The van der Waals surface area contributed by atoms with Crippen molar-refractivity contribution in [2.45, 2.75) is 37.6 Å². The van der Waals surface area contributed by atoms with Crippen LogP contribution in [0.3, 0.4) is 0 Å². The van der Waals surface area contributed by atoms with E-state index in [0.717, 1.165) is 45.8 Å². The van der Waals surface area contributed by atoms with Gasteiger partial charge in [-0.3, -0.25) is 15.0 Å². The van der Waals surface area contributed by atoms with Crippen LogP contribution in [-0.2, 0) is 30.2 Å². The number of hydrogen-bond acceptors (Lipinski definition) is 6. The number of aromatic amines is 1. The van der Waals surface area contributed by atoms with Crippen LogP contribution in [0.2, 0.25) is 0 Å². The molecule has 3 aromatic heterocycles. The van der Waals surface area contributed by atoms with Gasteiger partial charge in [-0.15, -0.1) is 10.2 Å². The topological polar surface area (TPSA) is 84.8 Å². The molecule has 10 heteroatoms. The molecular formula is C25H27F2N7O. The minimum atomic E-state index is -2.63. The highest BCUT2D eigenvalue weighted by Crippen LogP contribution is 2.38. The minimum absolute atomic E-state index is 0.108. The average molecular weight is 480 g/mol. The van der Waals surface area contributed by atoms with E-state index in [4.69, 9.17) is 4.74 Å². The number of nitrogens with zero attached hydrogens (tertiary/aromatic N) is 6. The van der Waals surface area contributed by atoms with Crippen LogP contribution in [0.1, 0.15) is 29.2 Å². The van der Waals surface area contributed by atoms with E-state index in [1.54, 1.807) is 11.2 Å². The number of rotatable bonds is 6. The molecule has 2 fully saturated rings. The molecule has 2 aliphatic heterocycles. The third-order valence-electron chi connectivity index (χ3n) is 7.19. The quantitative estimate of drug-likeness (QED) is 0.456. The van der Waals surface area contributed by atoms with E-state index in [1.807, 2.05) is 36.7 Å². The van der Waals surface area contributed by atoms with E-state index >= 15 is 0 Å². The predicted octanol–water partition coefficient (Wildman–Crippen LogP) is 3.41. The molecule has 1 N–H and O–H groups in total. The first-order valence-electron chi connectivity index (χ1n) is 11.8. The molecule has 5 heterocycles. The van der Waals surface area contributed by atoms with E-state index in [2.05, 4.69) is 37.5 Å². The van der Waals surface area contributed by atoms with E-state index in [0.29, 0.717) is 26.3 Å². The Morgan fingerprint density at radius 2 is 2.06 bits per heavy atom. The van der Waals surface area contributed by atoms with Gasteiger partial charge < -0.3 is 9.30 Å². The van der Waals surface area contributed by atoms with Gasteiger partial charge in [0.1, 0.15) is 17.8 Å². The first kappa shape index (κ1) is 22.2. The van der Waals surface area contributed by atoms with Crippen molar-refractivity contribution in [3.8, 4) is 11.3 Å². The summed E-state index contributed by atoms with van der Waals surface area (Å²) in [4.78, 5) is 6.42. The SMILES string of the molecule is Cc1cc2c(-c3cccc(C4(Cc5nncn5C)COC4)c3)n[nH]c2c(CN2CCC(F)(F)C2)n1. The Balaban J connectivity index is 1.35. The second kappa shape index (κ2) is 8.17. The largest absolute Gasteiger partial charge is 0.379 e. The molecule has 1 aromatic carbocycles. The van der Waals surface area contributed by atoms with Gasteiger partial charge in [0.2, 0.25) is 0 Å². The zero-order chi connectivity index (χ0) is 24.2. The molecule has 0 atom stereocenters. The molecule has 0 radical (unpaired) electrons. The molecule has 35 heavy (non-hydrogen) atoms. The summed E-state index contributed by atoms with van der Waals surface area (Å²) in [6, 6.07) is 10.4. The lowest BCUT2D eigenvalue weighted by Gasteiger charge is -2.41. The van der Waals surface area contributed by atoms with Crippen molar-refractivity contribution in [2.24, 2.45) is 7.05 Å². The molecule has 0 unspecified atom stereocenters. The Kier molecular flexibility index (Phi) is 5.19. The Labute approximate surface area is 201 Å². The highest BCUT2D eigenvalue weighted by molar-refractivity contribution is 5.94. The van der Waals surface area contributed by atoms with Crippen molar-refractivity contribution < 1.29 is 13.5 Å². The number of aromatic nitrogens is 6. The van der Waals surface area contributed by atoms with Crippen LogP contribution in [0.25, 0.3) is 22.2 Å².